The molecule has 1 aliphatic rings. The molecule has 11 aromatic rings. The zero-order valence-corrected chi connectivity index (χ0v) is 90.4. The van der Waals surface area contributed by atoms with Crippen LogP contribution in [0.3, 0.4) is 0 Å². The molecule has 0 unspecified atom stereocenters. The first kappa shape index (κ1) is 115. The first-order valence-electron chi connectivity index (χ1n) is 43.4. The maximum atomic E-state index is 5.45. The third kappa shape index (κ3) is 45.3. The van der Waals surface area contributed by atoms with Crippen LogP contribution < -0.4 is 0 Å². The van der Waals surface area contributed by atoms with Gasteiger partial charge in [0.25, 0.3) is 4.80 Å². The number of hydrogen-bond donors (Lipinski definition) is 3. The molecule has 0 bridgehead atoms. The highest BCUT2D eigenvalue weighted by atomic mass is 79.9. The molecule has 0 aliphatic carbocycles. The molecule has 1 aliphatic heterocycles. The number of hydrogen-bond acceptors (Lipinski definition) is 18. The summed E-state index contributed by atoms with van der Waals surface area (Å²) in [5.74, 6) is 6.81. The number of nitrogens with one attached hydrogen (secondary N) is 3. The number of rotatable bonds is 1. The second kappa shape index (κ2) is 47.0. The molecule has 0 fully saturated rings. The minimum Gasteiger partial charge on any atom is -0.466 e. The predicted octanol–water partition coefficient (Wildman–Crippen LogP) is 29.9. The molecule has 19 nitrogen and oxygen atoms in total. The van der Waals surface area contributed by atoms with Gasteiger partial charge in [-0.3, -0.25) is 14.7 Å². The number of thiazole rings is 2. The lowest BCUT2D eigenvalue weighted by molar-refractivity contribution is 0.392. The second-order valence-electron chi connectivity index (χ2n) is 45.8. The number of imidazole rings is 3. The largest absolute Gasteiger partial charge is 0.466 e. The molecule has 11 aromatic heterocycles. The molecule has 23 heteroatoms. The van der Waals surface area contributed by atoms with Crippen molar-refractivity contribution in [3.63, 3.8) is 0 Å². The molecular formula is C101H168BrN15O4S3. The number of aromatic nitrogens is 13. The van der Waals surface area contributed by atoms with Crippen LogP contribution in [-0.4, -0.2) is 83.2 Å². The zero-order valence-electron chi connectivity index (χ0n) is 86.3. The highest BCUT2D eigenvalue weighted by Crippen LogP contribution is 2.32. The molecule has 0 radical (unpaired) electrons. The number of oxazole rings is 3. The quantitative estimate of drug-likeness (QED) is 0.139. The van der Waals surface area contributed by atoms with Gasteiger partial charge in [-0.15, -0.1) is 34.0 Å². The number of aliphatic imine (C=N–C) groups is 2. The van der Waals surface area contributed by atoms with Crippen LogP contribution in [0, 0.1) is 33.1 Å². The minimum absolute atomic E-state index is 0.00347. The van der Waals surface area contributed by atoms with E-state index in [2.05, 4.69) is 418 Å². The molecule has 0 atom stereocenters. The van der Waals surface area contributed by atoms with E-state index in [-0.39, 0.29) is 70.4 Å². The lowest BCUT2D eigenvalue weighted by Gasteiger charge is -2.17. The molecule has 12 heterocycles. The van der Waals surface area contributed by atoms with Gasteiger partial charge in [-0.2, -0.15) is 5.10 Å². The van der Waals surface area contributed by atoms with E-state index < -0.39 is 0 Å². The van der Waals surface area contributed by atoms with Gasteiger partial charge in [0.05, 0.1) is 50.4 Å². The van der Waals surface area contributed by atoms with Gasteiger partial charge in [-0.05, 0) is 62.3 Å². The van der Waals surface area contributed by atoms with Crippen LogP contribution in [0.2, 0.25) is 0 Å². The smallest absolute Gasteiger partial charge is 0.264 e. The van der Waals surface area contributed by atoms with Crippen LogP contribution in [0.5, 0.6) is 0 Å². The first-order chi connectivity index (χ1) is 55.8. The highest BCUT2D eigenvalue weighted by molar-refractivity contribution is 9.10. The Morgan fingerprint density at radius 1 is 0.427 bits per heavy atom. The summed E-state index contributed by atoms with van der Waals surface area (Å²) < 4.78 is 22.8. The average Bonchev–Trinajstić information content (AvgIpc) is 1.69. The molecular weight excluding hydrogens is 1660 g/mol. The van der Waals surface area contributed by atoms with Crippen LogP contribution >= 0.6 is 49.9 Å². The van der Waals surface area contributed by atoms with Crippen molar-refractivity contribution in [2.45, 2.75) is 402 Å². The van der Waals surface area contributed by atoms with Crippen LogP contribution in [0.4, 0.5) is 0 Å². The fraction of sp³-hybridized carbons (Fsp3) is 0.634. The summed E-state index contributed by atoms with van der Waals surface area (Å²) in [6.07, 6.45) is 15.7. The van der Waals surface area contributed by atoms with Crippen molar-refractivity contribution in [1.82, 2.24) is 64.6 Å². The van der Waals surface area contributed by atoms with Crippen molar-refractivity contribution in [3.8, 4) is 0 Å². The second-order valence-corrected chi connectivity index (χ2v) is 49.2. The van der Waals surface area contributed by atoms with Crippen molar-refractivity contribution < 1.29 is 17.7 Å². The van der Waals surface area contributed by atoms with Crippen molar-refractivity contribution in [2.24, 2.45) is 22.4 Å². The minimum atomic E-state index is 0.00347. The molecule has 0 spiro atoms. The standard InChI is InChI=1S/C11H20N2.C11H19NO.C9H16N2.C9H14O.2C8H14N2.C8H13NO.C8H13NS.C8H12S.C7H10BrNO.C7H12N2.C7H11NS/c1-10(2,3)8-7-12-9(13-8)11(4,5)6;1-10(2,3)8-7-13-9(12-8)11(4,5)6;1-5-7-6-10-8(11-7)9(2,3)4;1-7-5-6-8(10-7)9(2,3)4;1-8(2,3)7-5-6-10(4)9-7;1-6-5-9-7(10-6)8(2,3)4;2*1-6-9-7(5-10-6)8(2,3)4;1-8(2,3)7-5-4-6-9-7;1-7(2,3)5-4-10-6(8)9-5;1-7(2,3)6-4-8-5-9-6;1-7(2,3)6-4-9-5-8-6/h7H,1-6H3,(H,12,13);7H,1-6H3;6H,5H2,1-4H3,(H,10,11);2*5-6H,1-4H3;5H,1-4H3,(H,9,10);2*5H,1-4H3;4-6H,1-3H3;4H,1-3H3;4H,5H2,1-3H3;4-5H,1-3H3. The van der Waals surface area contributed by atoms with Gasteiger partial charge in [0.2, 0.25) is 0 Å². The monoisotopic (exact) mass is 1830 g/mol. The number of H-pyrrole nitrogens is 3. The molecule has 0 amide bonds. The zero-order chi connectivity index (χ0) is 96.4. The van der Waals surface area contributed by atoms with E-state index in [1.807, 2.05) is 99.4 Å². The lowest BCUT2D eigenvalue weighted by atomic mass is 9.91. The van der Waals surface area contributed by atoms with Gasteiger partial charge in [-0.25, -0.2) is 39.9 Å². The SMILES string of the molecule is CC(C)(C)C1=NCN=C1.CC(C)(C)c1cccs1.CC(C)(C)c1cnc(C(C)(C)C)[nH]1.CC(C)(C)c1coc(Br)n1.CC(C)(C)c1coc(C(C)(C)C)n1.CC(C)(C)c1cscn1.CCc1cnc(C(C)(C)C)[nH]1.Cc1ccc(C(C)(C)C)o1.Cc1cnc(C(C)(C)C)[nH]1.Cc1nc(C(C)(C)C)co1.Cc1nc(C(C)(C)C)cs1.Cn1ccc(C(C)(C)C)n1. The summed E-state index contributed by atoms with van der Waals surface area (Å²) in [6.45, 7) is 101. The first-order valence-corrected chi connectivity index (χ1v) is 46.9. The highest BCUT2D eigenvalue weighted by Gasteiger charge is 2.28. The molecule has 0 aromatic carbocycles. The summed E-state index contributed by atoms with van der Waals surface area (Å²) in [4.78, 5) is 54.5. The van der Waals surface area contributed by atoms with Gasteiger partial charge >= 0.3 is 0 Å². The maximum absolute atomic E-state index is 5.45. The summed E-state index contributed by atoms with van der Waals surface area (Å²) in [5.41, 5.74) is 15.2. The van der Waals surface area contributed by atoms with E-state index in [1.54, 1.807) is 41.5 Å². The summed E-state index contributed by atoms with van der Waals surface area (Å²) in [6, 6.07) is 10.4. The van der Waals surface area contributed by atoms with E-state index in [0.717, 1.165) is 86.4 Å². The fourth-order valence-corrected chi connectivity index (χ4v) is 12.1. The number of thiophene rings is 1. The van der Waals surface area contributed by atoms with Gasteiger partial charge < -0.3 is 32.6 Å². The van der Waals surface area contributed by atoms with Gasteiger partial charge in [0.1, 0.15) is 54.5 Å². The molecule has 3 N–H and O–H groups in total. The number of halogens is 1. The lowest BCUT2D eigenvalue weighted by Crippen LogP contribution is -2.19. The topological polar surface area (TPSA) is 246 Å². The van der Waals surface area contributed by atoms with E-state index in [0.29, 0.717) is 16.9 Å². The Labute approximate surface area is 772 Å². The Morgan fingerprint density at radius 2 is 0.911 bits per heavy atom. The average molecular weight is 1830 g/mol. The Balaban J connectivity index is 0.000000677. The van der Waals surface area contributed by atoms with E-state index in [9.17, 15) is 0 Å². The van der Waals surface area contributed by atoms with Gasteiger partial charge in [0, 0.05) is 164 Å². The molecule has 124 heavy (non-hydrogen) atoms. The van der Waals surface area contributed by atoms with Crippen molar-refractivity contribution in [1.29, 1.82) is 0 Å². The van der Waals surface area contributed by atoms with Crippen LogP contribution in [-0.2, 0) is 83.9 Å². The molecule has 696 valence electrons. The van der Waals surface area contributed by atoms with Crippen molar-refractivity contribution in [2.75, 3.05) is 6.67 Å². The van der Waals surface area contributed by atoms with Crippen LogP contribution in [0.15, 0.2) is 128 Å². The molecule has 12 rings (SSSR count). The summed E-state index contributed by atoms with van der Waals surface area (Å²) in [5, 5.41) is 11.8. The van der Waals surface area contributed by atoms with Crippen molar-refractivity contribution >= 4 is 61.9 Å². The normalized spacial score (nSPS) is 12.7. The summed E-state index contributed by atoms with van der Waals surface area (Å²) in [7, 11) is 1.94. The number of aryl methyl sites for hydroxylation is 6. The van der Waals surface area contributed by atoms with Gasteiger partial charge in [0.15, 0.2) is 11.8 Å². The molecule has 0 saturated carbocycles. The Bertz CT molecular complexity index is 4250. The number of aromatic amines is 3. The maximum Gasteiger partial charge on any atom is 0.264 e. The predicted molar refractivity (Wildman–Crippen MR) is 535 cm³/mol. The van der Waals surface area contributed by atoms with Crippen LogP contribution in [0.25, 0.3) is 0 Å². The van der Waals surface area contributed by atoms with E-state index in [4.69, 9.17) is 17.7 Å². The number of nitrogens with zero attached hydrogens (tertiary/aromatic N) is 12. The Morgan fingerprint density at radius 3 is 1.13 bits per heavy atom. The van der Waals surface area contributed by atoms with Crippen molar-refractivity contribution in [3.05, 3.63) is 202 Å². The number of furan rings is 1. The Hall–Kier alpha value is -7.47. The van der Waals surface area contributed by atoms with Crippen LogP contribution in [0.1, 0.15) is 400 Å². The third-order valence-corrected chi connectivity index (χ3v) is 20.9. The van der Waals surface area contributed by atoms with E-state index in [1.165, 1.54) is 27.7 Å². The third-order valence-electron chi connectivity index (χ3n) is 17.9. The fourth-order valence-electron chi connectivity index (χ4n) is 9.43. The Kier molecular flexibility index (Phi) is 43.4. The summed E-state index contributed by atoms with van der Waals surface area (Å²) >= 11 is 8.35. The molecule has 0 saturated heterocycles. The van der Waals surface area contributed by atoms with Gasteiger partial charge in [-0.1, -0.05) is 304 Å². The van der Waals surface area contributed by atoms with E-state index >= 15 is 0 Å².